The Morgan fingerprint density at radius 2 is 1.83 bits per heavy atom. The molecule has 1 saturated heterocycles. The van der Waals surface area contributed by atoms with Crippen LogP contribution in [-0.4, -0.2) is 94.9 Å². The van der Waals surface area contributed by atoms with Gasteiger partial charge in [0, 0.05) is 38.4 Å². The van der Waals surface area contributed by atoms with E-state index < -0.39 is 24.0 Å². The fourth-order valence-electron chi connectivity index (χ4n) is 6.16. The number of nitrogens with one attached hydrogen (secondary N) is 2. The lowest BCUT2D eigenvalue weighted by Crippen LogP contribution is -2.49. The molecular formula is C31H41N5O6. The van der Waals surface area contributed by atoms with E-state index in [9.17, 15) is 24.6 Å². The summed E-state index contributed by atoms with van der Waals surface area (Å²) in [6.45, 7) is 4.04. The van der Waals surface area contributed by atoms with Crippen LogP contribution in [-0.2, 0) is 22.4 Å². The molecule has 2 aliphatic heterocycles. The first kappa shape index (κ1) is 29.6. The number of pyridine rings is 1. The summed E-state index contributed by atoms with van der Waals surface area (Å²) in [5.41, 5.74) is 2.35. The van der Waals surface area contributed by atoms with Crippen LogP contribution < -0.4 is 15.4 Å². The Labute approximate surface area is 246 Å². The van der Waals surface area contributed by atoms with Crippen molar-refractivity contribution < 1.29 is 29.3 Å². The second-order valence-electron chi connectivity index (χ2n) is 11.5. The molecule has 3 heterocycles. The van der Waals surface area contributed by atoms with Crippen LogP contribution >= 0.6 is 0 Å². The fourth-order valence-corrected chi connectivity index (χ4v) is 6.16. The average molecular weight is 580 g/mol. The van der Waals surface area contributed by atoms with Gasteiger partial charge in [0.05, 0.1) is 5.92 Å². The molecule has 0 bridgehead atoms. The molecule has 1 saturated carbocycles. The van der Waals surface area contributed by atoms with Gasteiger partial charge in [0.1, 0.15) is 24.2 Å². The second kappa shape index (κ2) is 13.9. The summed E-state index contributed by atoms with van der Waals surface area (Å²) >= 11 is 0. The number of hydrogen-bond acceptors (Lipinski definition) is 7. The molecule has 0 radical (unpaired) electrons. The molecule has 0 spiro atoms. The molecule has 2 fully saturated rings. The van der Waals surface area contributed by atoms with Crippen LogP contribution in [0.3, 0.4) is 0 Å². The van der Waals surface area contributed by atoms with Crippen LogP contribution in [0.5, 0.6) is 5.75 Å². The number of aliphatic carboxylic acids is 2. The van der Waals surface area contributed by atoms with Gasteiger partial charge in [0.25, 0.3) is 0 Å². The molecule has 11 nitrogen and oxygen atoms in total. The maximum Gasteiger partial charge on any atom is 0.326 e. The van der Waals surface area contributed by atoms with Gasteiger partial charge >= 0.3 is 18.0 Å². The molecule has 1 unspecified atom stereocenters. The Morgan fingerprint density at radius 1 is 1.05 bits per heavy atom. The molecule has 4 N–H and O–H groups in total. The number of benzene rings is 1. The number of carbonyl (C=O) groups excluding carboxylic acids is 1. The maximum absolute atomic E-state index is 12.8. The largest absolute Gasteiger partial charge is 0.492 e. The Bertz CT molecular complexity index is 1230. The molecule has 5 rings (SSSR count). The lowest BCUT2D eigenvalue weighted by Gasteiger charge is -2.26. The van der Waals surface area contributed by atoms with Crippen molar-refractivity contribution in [3.63, 3.8) is 0 Å². The number of amides is 2. The van der Waals surface area contributed by atoms with E-state index in [4.69, 9.17) is 9.72 Å². The van der Waals surface area contributed by atoms with E-state index in [0.29, 0.717) is 32.8 Å². The van der Waals surface area contributed by atoms with Crippen molar-refractivity contribution in [2.45, 2.75) is 44.6 Å². The van der Waals surface area contributed by atoms with Gasteiger partial charge in [-0.05, 0) is 80.7 Å². The van der Waals surface area contributed by atoms with Crippen LogP contribution in [0.4, 0.5) is 10.6 Å². The van der Waals surface area contributed by atoms with Crippen molar-refractivity contribution in [3.05, 3.63) is 53.7 Å². The average Bonchev–Trinajstić information content (AvgIpc) is 3.51. The lowest BCUT2D eigenvalue weighted by molar-refractivity contribution is -0.140. The highest BCUT2D eigenvalue weighted by Crippen LogP contribution is 2.51. The van der Waals surface area contributed by atoms with Gasteiger partial charge in [0.15, 0.2) is 0 Å². The summed E-state index contributed by atoms with van der Waals surface area (Å²) in [6, 6.07) is 12.4. The highest BCUT2D eigenvalue weighted by Gasteiger charge is 2.60. The number of aryl methyl sites for hydroxylation is 2. The molecule has 2 aromatic rings. The molecular weight excluding hydrogens is 538 g/mol. The van der Waals surface area contributed by atoms with Gasteiger partial charge in [-0.1, -0.05) is 24.3 Å². The SMILES string of the molecule is O=C(O)C1[C@H]2CN(C(=O)N[C@@H](CCN(CCCCc3ccc4c(n3)NCCC4)CCOc3ccccc3)C(=O)O)C[C@@H]12. The smallest absolute Gasteiger partial charge is 0.326 e. The quantitative estimate of drug-likeness (QED) is 0.234. The molecule has 42 heavy (non-hydrogen) atoms. The Hall–Kier alpha value is -3.86. The number of para-hydroxylation sites is 1. The number of carboxylic acids is 2. The van der Waals surface area contributed by atoms with Crippen LogP contribution in [0.25, 0.3) is 0 Å². The number of anilines is 1. The third kappa shape index (κ3) is 7.70. The van der Waals surface area contributed by atoms with Gasteiger partial charge in [-0.2, -0.15) is 0 Å². The first-order valence-electron chi connectivity index (χ1n) is 15.0. The summed E-state index contributed by atoms with van der Waals surface area (Å²) in [7, 11) is 0. The fraction of sp³-hybridized carbons (Fsp3) is 0.548. The number of unbranched alkanes of at least 4 members (excludes halogenated alkanes) is 1. The van der Waals surface area contributed by atoms with Crippen molar-refractivity contribution >= 4 is 23.8 Å². The minimum absolute atomic E-state index is 0.0237. The lowest BCUT2D eigenvalue weighted by atomic mass is 10.1. The Balaban J connectivity index is 1.10. The predicted octanol–water partition coefficient (Wildman–Crippen LogP) is 2.96. The molecule has 4 atom stereocenters. The first-order valence-corrected chi connectivity index (χ1v) is 15.0. The summed E-state index contributed by atoms with van der Waals surface area (Å²) in [6.07, 6.45) is 5.20. The van der Waals surface area contributed by atoms with E-state index in [0.717, 1.165) is 62.5 Å². The predicted molar refractivity (Wildman–Crippen MR) is 157 cm³/mol. The van der Waals surface area contributed by atoms with E-state index >= 15 is 0 Å². The normalized spacial score (nSPS) is 21.2. The molecule has 1 aromatic carbocycles. The standard InChI is InChI=1S/C31H41N5O6/c37-29(38)26(34-31(41)36-19-24-25(20-36)27(24)30(39)40)13-16-35(17-18-42-23-9-2-1-3-10-23)15-5-4-8-22-12-11-21-7-6-14-32-28(21)33-22/h1-3,9-12,24-27H,4-8,13-20H2,(H,32,33)(H,34,41)(H,37,38)(H,39,40)/t24-,25+,26-,27?/m0/s1. The molecule has 3 aliphatic rings. The minimum atomic E-state index is -1.08. The second-order valence-corrected chi connectivity index (χ2v) is 11.5. The summed E-state index contributed by atoms with van der Waals surface area (Å²) < 4.78 is 5.90. The number of carboxylic acid groups (broad SMARTS) is 2. The van der Waals surface area contributed by atoms with Gasteiger partial charge < -0.3 is 30.5 Å². The van der Waals surface area contributed by atoms with Crippen molar-refractivity contribution in [2.24, 2.45) is 17.8 Å². The summed E-state index contributed by atoms with van der Waals surface area (Å²) in [5, 5.41) is 25.1. The van der Waals surface area contributed by atoms with E-state index in [2.05, 4.69) is 27.7 Å². The number of hydrogen-bond donors (Lipinski definition) is 4. The van der Waals surface area contributed by atoms with E-state index in [1.165, 1.54) is 5.56 Å². The first-order chi connectivity index (χ1) is 20.4. The van der Waals surface area contributed by atoms with Gasteiger partial charge in [0.2, 0.25) is 0 Å². The van der Waals surface area contributed by atoms with E-state index in [-0.39, 0.29) is 24.2 Å². The Kier molecular flexibility index (Phi) is 9.78. The zero-order valence-electron chi connectivity index (χ0n) is 23.9. The number of piperidine rings is 1. The van der Waals surface area contributed by atoms with Crippen LogP contribution in [0.2, 0.25) is 0 Å². The van der Waals surface area contributed by atoms with Crippen molar-refractivity contribution in [1.29, 1.82) is 0 Å². The summed E-state index contributed by atoms with van der Waals surface area (Å²) in [5.74, 6) is -0.532. The van der Waals surface area contributed by atoms with Crippen molar-refractivity contribution in [3.8, 4) is 5.75 Å². The number of urea groups is 1. The summed E-state index contributed by atoms with van der Waals surface area (Å²) in [4.78, 5) is 44.5. The third-order valence-corrected chi connectivity index (χ3v) is 8.62. The Morgan fingerprint density at radius 3 is 2.57 bits per heavy atom. The van der Waals surface area contributed by atoms with Crippen LogP contribution in [0.1, 0.15) is 36.9 Å². The number of carbonyl (C=O) groups is 3. The van der Waals surface area contributed by atoms with Gasteiger partial charge in [-0.3, -0.25) is 9.69 Å². The molecule has 2 amide bonds. The van der Waals surface area contributed by atoms with Crippen LogP contribution in [0, 0.1) is 17.8 Å². The maximum atomic E-state index is 12.8. The van der Waals surface area contributed by atoms with Crippen LogP contribution in [0.15, 0.2) is 42.5 Å². The third-order valence-electron chi connectivity index (χ3n) is 8.62. The highest BCUT2D eigenvalue weighted by atomic mass is 16.5. The molecule has 1 aromatic heterocycles. The van der Waals surface area contributed by atoms with Crippen molar-refractivity contribution in [1.82, 2.24) is 20.1 Å². The van der Waals surface area contributed by atoms with E-state index in [1.807, 2.05) is 30.3 Å². The molecule has 226 valence electrons. The highest BCUT2D eigenvalue weighted by molar-refractivity contribution is 5.83. The molecule has 1 aliphatic carbocycles. The number of nitrogens with zero attached hydrogens (tertiary/aromatic N) is 3. The zero-order chi connectivity index (χ0) is 29.5. The monoisotopic (exact) mass is 579 g/mol. The number of aromatic nitrogens is 1. The minimum Gasteiger partial charge on any atom is -0.492 e. The number of ether oxygens (including phenoxy) is 1. The number of likely N-dealkylation sites (tertiary alicyclic amines) is 1. The topological polar surface area (TPSA) is 144 Å². The van der Waals surface area contributed by atoms with Gasteiger partial charge in [-0.25, -0.2) is 14.6 Å². The van der Waals surface area contributed by atoms with Crippen molar-refractivity contribution in [2.75, 3.05) is 51.2 Å². The zero-order valence-corrected chi connectivity index (χ0v) is 23.9. The van der Waals surface area contributed by atoms with Gasteiger partial charge in [-0.15, -0.1) is 0 Å². The molecule has 11 heteroatoms. The number of fused-ring (bicyclic) bond motifs is 2. The van der Waals surface area contributed by atoms with E-state index in [1.54, 1.807) is 4.90 Å². The number of rotatable bonds is 15.